The van der Waals surface area contributed by atoms with Crippen molar-refractivity contribution in [2.75, 3.05) is 85.2 Å². The Morgan fingerprint density at radius 2 is 1.85 bits per heavy atom. The number of nitrogens with zero attached hydrogens (tertiary/aromatic N) is 3. The number of rotatable bonds is 6. The van der Waals surface area contributed by atoms with Crippen molar-refractivity contribution in [1.82, 2.24) is 14.5 Å². The van der Waals surface area contributed by atoms with E-state index in [-0.39, 0.29) is 36.2 Å². The summed E-state index contributed by atoms with van der Waals surface area (Å²) in [7, 11) is 1.51. The summed E-state index contributed by atoms with van der Waals surface area (Å²) >= 11 is 6.51. The Balaban J connectivity index is 1.33. The number of carbonyl (C=O) groups is 1. The molecule has 2 bridgehead atoms. The van der Waals surface area contributed by atoms with Crippen molar-refractivity contribution in [3.8, 4) is 5.75 Å². The van der Waals surface area contributed by atoms with E-state index in [9.17, 15) is 13.2 Å². The topological polar surface area (TPSA) is 101 Å². The third-order valence-corrected chi connectivity index (χ3v) is 15.8. The molecule has 1 saturated heterocycles. The summed E-state index contributed by atoms with van der Waals surface area (Å²) in [6, 6.07) is 11.7. The number of hydrogen-bond acceptors (Lipinski definition) is 9. The highest BCUT2D eigenvalue weighted by Gasteiger charge is 2.50. The summed E-state index contributed by atoms with van der Waals surface area (Å²) in [4.78, 5) is 21.3. The van der Waals surface area contributed by atoms with E-state index in [1.54, 1.807) is 13.2 Å². The Hall–Kier alpha value is -2.67. The zero-order valence-corrected chi connectivity index (χ0v) is 34.3. The summed E-state index contributed by atoms with van der Waals surface area (Å²) in [5.74, 6) is 0.234. The largest absolute Gasteiger partial charge is 0.490 e. The van der Waals surface area contributed by atoms with Gasteiger partial charge in [0.25, 0.3) is 5.91 Å². The summed E-state index contributed by atoms with van der Waals surface area (Å²) in [6.07, 6.45) is 9.81. The molecule has 10 nitrogen and oxygen atoms in total. The van der Waals surface area contributed by atoms with Crippen molar-refractivity contribution in [2.24, 2.45) is 23.7 Å². The molecule has 2 aromatic rings. The number of aryl methyl sites for hydroxylation is 1. The molecule has 0 aromatic heterocycles. The molecule has 12 heteroatoms. The minimum absolute atomic E-state index is 0.111. The number of halogens is 1. The predicted octanol–water partition coefficient (Wildman–Crippen LogP) is 5.78. The molecule has 1 saturated carbocycles. The number of hydrogen-bond donors (Lipinski definition) is 1. The summed E-state index contributed by atoms with van der Waals surface area (Å²) < 4.78 is 49.6. The van der Waals surface area contributed by atoms with E-state index in [2.05, 4.69) is 57.7 Å². The van der Waals surface area contributed by atoms with Gasteiger partial charge in [0.2, 0.25) is 10.0 Å². The van der Waals surface area contributed by atoms with Crippen molar-refractivity contribution in [2.45, 2.75) is 68.6 Å². The van der Waals surface area contributed by atoms with Gasteiger partial charge in [-0.1, -0.05) is 43.7 Å². The second kappa shape index (κ2) is 16.1. The van der Waals surface area contributed by atoms with Crippen molar-refractivity contribution in [3.05, 3.63) is 70.3 Å². The van der Waals surface area contributed by atoms with Crippen LogP contribution in [-0.4, -0.2) is 115 Å². The van der Waals surface area contributed by atoms with Gasteiger partial charge >= 0.3 is 0 Å². The Bertz CT molecular complexity index is 1820. The number of carbonyl (C=O) groups excluding carboxylic acids is 1. The highest BCUT2D eigenvalue weighted by Crippen LogP contribution is 2.49. The summed E-state index contributed by atoms with van der Waals surface area (Å²) in [6.45, 7) is 11.0. The average molecular weight is 783 g/mol. The standard InChI is InChI=1S/C42H59ClN4O6S/c1-29-14-17-42(52-5,27-46-20-18-45(3)19-21-46)36-11-8-33(36)25-47-26-41(16-6-7-31-23-34(43)10-12-35(31)41)28-53-38-13-9-32(24-37(38)47)40(48)44-54(49,50)39(30(29)2)15-22-51-4/h9-10,12-14,17,23-24,29-30,33,36,39H,6-8,11,15-16,18-22,25-28H2,1-5H3,(H,44,48)/b17-14+/t29-,30-,33-,36+,39+,41-,42+/m0/s1. The van der Waals surface area contributed by atoms with Gasteiger partial charge in [0.15, 0.2) is 0 Å². The first kappa shape index (κ1) is 39.6. The van der Waals surface area contributed by atoms with Crippen LogP contribution in [-0.2, 0) is 31.3 Å². The van der Waals surface area contributed by atoms with E-state index in [4.69, 9.17) is 25.8 Å². The van der Waals surface area contributed by atoms with E-state index < -0.39 is 26.8 Å². The monoisotopic (exact) mass is 782 g/mol. The molecule has 296 valence electrons. The number of anilines is 1. The molecule has 3 heterocycles. The van der Waals surface area contributed by atoms with Crippen LogP contribution >= 0.6 is 11.6 Å². The van der Waals surface area contributed by atoms with Gasteiger partial charge in [-0.25, -0.2) is 13.1 Å². The number of methoxy groups -OCH3 is 2. The molecule has 1 amide bonds. The molecule has 0 unspecified atom stereocenters. The van der Waals surface area contributed by atoms with Crippen LogP contribution in [0.5, 0.6) is 5.75 Å². The Kier molecular flexibility index (Phi) is 11.8. The van der Waals surface area contributed by atoms with Crippen LogP contribution in [0.3, 0.4) is 0 Å². The number of benzene rings is 2. The van der Waals surface area contributed by atoms with E-state index >= 15 is 0 Å². The smallest absolute Gasteiger partial charge is 0.264 e. The van der Waals surface area contributed by atoms with Crippen molar-refractivity contribution >= 4 is 33.2 Å². The van der Waals surface area contributed by atoms with Crippen LogP contribution in [0.1, 0.15) is 67.4 Å². The van der Waals surface area contributed by atoms with Crippen LogP contribution in [0.4, 0.5) is 5.69 Å². The molecule has 2 fully saturated rings. The van der Waals surface area contributed by atoms with E-state index in [0.717, 1.165) is 82.1 Å². The van der Waals surface area contributed by atoms with Crippen LogP contribution in [0.2, 0.25) is 5.02 Å². The summed E-state index contributed by atoms with van der Waals surface area (Å²) in [5, 5.41) is -0.102. The number of sulfonamides is 1. The van der Waals surface area contributed by atoms with Gasteiger partial charge in [-0.2, -0.15) is 0 Å². The molecule has 1 N–H and O–H groups in total. The Morgan fingerprint density at radius 1 is 1.06 bits per heavy atom. The normalized spacial score (nSPS) is 33.8. The molecule has 54 heavy (non-hydrogen) atoms. The number of amides is 1. The lowest BCUT2D eigenvalue weighted by atomic mass is 9.63. The quantitative estimate of drug-likeness (QED) is 0.366. The fraction of sp³-hybridized carbons (Fsp3) is 0.643. The van der Waals surface area contributed by atoms with Crippen LogP contribution < -0.4 is 14.4 Å². The summed E-state index contributed by atoms with van der Waals surface area (Å²) in [5.41, 5.74) is 2.83. The van der Waals surface area contributed by atoms with Crippen LogP contribution in [0.25, 0.3) is 0 Å². The number of fused-ring (bicyclic) bond motifs is 4. The molecular weight excluding hydrogens is 724 g/mol. The van der Waals surface area contributed by atoms with Gasteiger partial charge in [-0.3, -0.25) is 9.69 Å². The SMILES string of the molecule is COCC[C@@H]1[C@@H](C)[C@@H](C)/C=C/[C@](CN2CCN(C)CC2)(OC)[C@@H]2CC[C@H]2CN2C[C@@]3(CCCc4cc(Cl)ccc43)COc3ccc(cc32)C(=O)NS1(=O)=O. The maximum absolute atomic E-state index is 14.1. The van der Waals surface area contributed by atoms with E-state index in [0.29, 0.717) is 30.4 Å². The van der Waals surface area contributed by atoms with Gasteiger partial charge in [-0.15, -0.1) is 0 Å². The Labute approximate surface area is 327 Å². The fourth-order valence-corrected chi connectivity index (χ4v) is 11.9. The number of nitrogens with one attached hydrogen (secondary N) is 1. The van der Waals surface area contributed by atoms with Crippen LogP contribution in [0, 0.1) is 23.7 Å². The van der Waals surface area contributed by atoms with Gasteiger partial charge in [-0.05, 0) is 111 Å². The molecule has 7 rings (SSSR count). The first-order valence-corrected chi connectivity index (χ1v) is 21.8. The third-order valence-electron chi connectivity index (χ3n) is 13.6. The molecule has 2 aromatic carbocycles. The van der Waals surface area contributed by atoms with E-state index in [1.807, 2.05) is 32.2 Å². The predicted molar refractivity (Wildman–Crippen MR) is 214 cm³/mol. The number of ether oxygens (including phenoxy) is 3. The number of allylic oxidation sites excluding steroid dienone is 1. The zero-order chi connectivity index (χ0) is 38.3. The average Bonchev–Trinajstić information content (AvgIpc) is 3.29. The maximum atomic E-state index is 14.1. The molecule has 5 aliphatic rings. The molecule has 3 aliphatic heterocycles. The third kappa shape index (κ3) is 7.83. The lowest BCUT2D eigenvalue weighted by Crippen LogP contribution is -2.59. The minimum Gasteiger partial charge on any atom is -0.490 e. The van der Waals surface area contributed by atoms with Gasteiger partial charge < -0.3 is 24.0 Å². The maximum Gasteiger partial charge on any atom is 0.264 e. The lowest BCUT2D eigenvalue weighted by molar-refractivity contribution is -0.0951. The molecule has 2 aliphatic carbocycles. The second-order valence-corrected chi connectivity index (χ2v) is 19.2. The molecule has 7 atom stereocenters. The first-order valence-electron chi connectivity index (χ1n) is 19.9. The first-order chi connectivity index (χ1) is 25.9. The highest BCUT2D eigenvalue weighted by molar-refractivity contribution is 7.90. The molecule has 0 radical (unpaired) electrons. The lowest BCUT2D eigenvalue weighted by Gasteiger charge is -2.52. The second-order valence-electron chi connectivity index (χ2n) is 16.8. The minimum atomic E-state index is -4.09. The number of piperazine rings is 1. The van der Waals surface area contributed by atoms with Crippen molar-refractivity contribution in [1.29, 1.82) is 0 Å². The van der Waals surface area contributed by atoms with Crippen LogP contribution in [0.15, 0.2) is 48.6 Å². The highest BCUT2D eigenvalue weighted by atomic mass is 35.5. The van der Waals surface area contributed by atoms with Gasteiger partial charge in [0, 0.05) is 82.6 Å². The molecule has 1 spiro atoms. The van der Waals surface area contributed by atoms with Gasteiger partial charge in [0.05, 0.1) is 17.5 Å². The van der Waals surface area contributed by atoms with Crippen molar-refractivity contribution < 1.29 is 27.4 Å². The van der Waals surface area contributed by atoms with Gasteiger partial charge in [0.1, 0.15) is 11.4 Å². The van der Waals surface area contributed by atoms with E-state index in [1.165, 1.54) is 11.1 Å². The number of likely N-dealkylation sites (N-methyl/N-ethyl adjacent to an activating group) is 1. The Morgan fingerprint density at radius 3 is 2.57 bits per heavy atom. The zero-order valence-electron chi connectivity index (χ0n) is 32.7. The van der Waals surface area contributed by atoms with Crippen molar-refractivity contribution in [3.63, 3.8) is 0 Å². The molecular formula is C42H59ClN4O6S. The fourth-order valence-electron chi connectivity index (χ4n) is 9.93.